The molecule has 3 rings (SSSR count). The first-order valence-electron chi connectivity index (χ1n) is 9.09. The molecule has 0 bridgehead atoms. The Morgan fingerprint density at radius 3 is 2.33 bits per heavy atom. The zero-order chi connectivity index (χ0) is 19.1. The van der Waals surface area contributed by atoms with Crippen LogP contribution in [0, 0.1) is 5.41 Å². The van der Waals surface area contributed by atoms with E-state index < -0.39 is 0 Å². The fourth-order valence-electron chi connectivity index (χ4n) is 3.16. The van der Waals surface area contributed by atoms with Gasteiger partial charge in [0, 0.05) is 48.3 Å². The monoisotopic (exact) mass is 361 g/mol. The van der Waals surface area contributed by atoms with E-state index >= 15 is 0 Å². The summed E-state index contributed by atoms with van der Waals surface area (Å²) in [6, 6.07) is 16.2. The Kier molecular flexibility index (Phi) is 6.07. The molecule has 0 aliphatic rings. The lowest BCUT2D eigenvalue weighted by molar-refractivity contribution is 0.432. The number of anilines is 1. The highest BCUT2D eigenvalue weighted by Crippen LogP contribution is 2.30. The summed E-state index contributed by atoms with van der Waals surface area (Å²) >= 11 is 0. The van der Waals surface area contributed by atoms with Crippen molar-refractivity contribution >= 4 is 33.3 Å². The third kappa shape index (κ3) is 4.27. The molecule has 0 amide bonds. The predicted octanol–water partition coefficient (Wildman–Crippen LogP) is 4.80. The van der Waals surface area contributed by atoms with E-state index in [9.17, 15) is 0 Å². The van der Waals surface area contributed by atoms with E-state index in [0.29, 0.717) is 38.4 Å². The largest absolute Gasteiger partial charge is 0.382 e. The van der Waals surface area contributed by atoms with Crippen molar-refractivity contribution in [2.45, 2.75) is 13.3 Å². The molecule has 1 aromatic heterocycles. The van der Waals surface area contributed by atoms with Crippen LogP contribution < -0.4 is 5.32 Å². The minimum atomic E-state index is 0.361. The Morgan fingerprint density at radius 1 is 1.11 bits per heavy atom. The van der Waals surface area contributed by atoms with Crippen molar-refractivity contribution in [1.82, 2.24) is 9.88 Å². The van der Waals surface area contributed by atoms with Crippen molar-refractivity contribution in [1.29, 1.82) is 5.41 Å². The molecule has 0 atom stereocenters. The quantitative estimate of drug-likeness (QED) is 0.150. The topological polar surface area (TPSA) is 101 Å². The number of hydrogen-bond donors (Lipinski definition) is 2. The van der Waals surface area contributed by atoms with Gasteiger partial charge in [0.15, 0.2) is 0 Å². The Balaban J connectivity index is 1.82. The molecule has 0 spiro atoms. The Labute approximate surface area is 158 Å². The smallest absolute Gasteiger partial charge is 0.0955 e. The molecule has 0 saturated heterocycles. The molecule has 138 valence electrons. The average molecular weight is 361 g/mol. The van der Waals surface area contributed by atoms with Gasteiger partial charge in [0.05, 0.1) is 22.6 Å². The molecule has 0 fully saturated rings. The molecule has 2 aromatic carbocycles. The van der Waals surface area contributed by atoms with Gasteiger partial charge in [-0.2, -0.15) is 0 Å². The van der Waals surface area contributed by atoms with Crippen LogP contribution >= 0.6 is 0 Å². The summed E-state index contributed by atoms with van der Waals surface area (Å²) in [6.07, 6.45) is 0.650. The molecule has 3 aromatic rings. The third-order valence-corrected chi connectivity index (χ3v) is 4.52. The first-order valence-corrected chi connectivity index (χ1v) is 9.09. The minimum absolute atomic E-state index is 0.361. The average Bonchev–Trinajstić information content (AvgIpc) is 2.71. The normalized spacial score (nSPS) is 10.6. The molecule has 0 radical (unpaired) electrons. The molecule has 7 nitrogen and oxygen atoms in total. The standard InChI is InChI=1S/C20H23N7/c1-2-19(21)27(14-12-24-26-22)13-11-23-20-15-7-3-5-9-17(15)25-18-10-6-4-8-16(18)20/h3-10,21H,2,11-14H2,1H3,(H,23,25). The highest BCUT2D eigenvalue weighted by atomic mass is 15.2. The van der Waals surface area contributed by atoms with E-state index in [1.807, 2.05) is 48.2 Å². The lowest BCUT2D eigenvalue weighted by Crippen LogP contribution is -2.36. The summed E-state index contributed by atoms with van der Waals surface area (Å²) < 4.78 is 0. The Morgan fingerprint density at radius 2 is 1.74 bits per heavy atom. The molecule has 0 unspecified atom stereocenters. The molecule has 0 saturated carbocycles. The van der Waals surface area contributed by atoms with Crippen LogP contribution in [0.4, 0.5) is 5.69 Å². The molecule has 1 heterocycles. The minimum Gasteiger partial charge on any atom is -0.382 e. The maximum Gasteiger partial charge on any atom is 0.0955 e. The second kappa shape index (κ2) is 8.87. The third-order valence-electron chi connectivity index (χ3n) is 4.52. The first-order chi connectivity index (χ1) is 13.2. The number of azide groups is 1. The molecular weight excluding hydrogens is 338 g/mol. The van der Waals surface area contributed by atoms with Crippen molar-refractivity contribution in [3.63, 3.8) is 0 Å². The van der Waals surface area contributed by atoms with Crippen LogP contribution in [0.15, 0.2) is 53.6 Å². The van der Waals surface area contributed by atoms with Crippen LogP contribution in [0.25, 0.3) is 32.2 Å². The van der Waals surface area contributed by atoms with Gasteiger partial charge in [0.2, 0.25) is 0 Å². The maximum absolute atomic E-state index is 8.47. The highest BCUT2D eigenvalue weighted by Gasteiger charge is 2.10. The lowest BCUT2D eigenvalue weighted by atomic mass is 10.1. The number of nitrogens with zero attached hydrogens (tertiary/aromatic N) is 5. The van der Waals surface area contributed by atoms with Gasteiger partial charge in [0.25, 0.3) is 0 Å². The van der Waals surface area contributed by atoms with Crippen molar-refractivity contribution in [3.05, 3.63) is 59.0 Å². The Bertz CT molecular complexity index is 938. The van der Waals surface area contributed by atoms with Crippen LogP contribution in [0.5, 0.6) is 0 Å². The molecule has 0 aliphatic carbocycles. The summed E-state index contributed by atoms with van der Waals surface area (Å²) in [7, 11) is 0. The summed E-state index contributed by atoms with van der Waals surface area (Å²) in [4.78, 5) is 9.49. The van der Waals surface area contributed by atoms with Crippen LogP contribution in [-0.4, -0.2) is 41.9 Å². The van der Waals surface area contributed by atoms with E-state index in [1.165, 1.54) is 0 Å². The van der Waals surface area contributed by atoms with Crippen LogP contribution in [-0.2, 0) is 0 Å². The fraction of sp³-hybridized carbons (Fsp3) is 0.300. The summed E-state index contributed by atoms with van der Waals surface area (Å²) in [5, 5.41) is 17.4. The van der Waals surface area contributed by atoms with Crippen molar-refractivity contribution in [2.75, 3.05) is 31.5 Å². The van der Waals surface area contributed by atoms with Crippen LogP contribution in [0.2, 0.25) is 0 Å². The number of rotatable bonds is 8. The van der Waals surface area contributed by atoms with Gasteiger partial charge in [0.1, 0.15) is 0 Å². The van der Waals surface area contributed by atoms with Crippen molar-refractivity contribution < 1.29 is 0 Å². The Hall–Kier alpha value is -3.31. The van der Waals surface area contributed by atoms with Gasteiger partial charge >= 0.3 is 0 Å². The molecule has 7 heteroatoms. The van der Waals surface area contributed by atoms with Gasteiger partial charge in [-0.3, -0.25) is 5.41 Å². The SMILES string of the molecule is CCC(=N)N(CCN=[N+]=[N-])CCNc1c2ccccc2nc2ccccc12. The van der Waals surface area contributed by atoms with Gasteiger partial charge in [-0.1, -0.05) is 48.4 Å². The number of benzene rings is 2. The van der Waals surface area contributed by atoms with Crippen LogP contribution in [0.1, 0.15) is 13.3 Å². The number of hydrogen-bond acceptors (Lipinski definition) is 4. The summed E-state index contributed by atoms with van der Waals surface area (Å²) in [5.74, 6) is 0.550. The van der Waals surface area contributed by atoms with Gasteiger partial charge in [-0.25, -0.2) is 4.98 Å². The van der Waals surface area contributed by atoms with Gasteiger partial charge < -0.3 is 10.2 Å². The highest BCUT2D eigenvalue weighted by molar-refractivity contribution is 6.07. The second-order valence-electron chi connectivity index (χ2n) is 6.19. The van der Waals surface area contributed by atoms with Gasteiger partial charge in [-0.15, -0.1) is 0 Å². The van der Waals surface area contributed by atoms with Crippen molar-refractivity contribution in [3.8, 4) is 0 Å². The predicted molar refractivity (Wildman–Crippen MR) is 111 cm³/mol. The van der Waals surface area contributed by atoms with E-state index in [4.69, 9.17) is 15.9 Å². The van der Waals surface area contributed by atoms with Crippen molar-refractivity contribution in [2.24, 2.45) is 5.11 Å². The van der Waals surface area contributed by atoms with Gasteiger partial charge in [-0.05, 0) is 17.7 Å². The van der Waals surface area contributed by atoms with E-state index in [0.717, 1.165) is 27.5 Å². The van der Waals surface area contributed by atoms with E-state index in [-0.39, 0.29) is 0 Å². The lowest BCUT2D eigenvalue weighted by Gasteiger charge is -2.24. The maximum atomic E-state index is 8.47. The summed E-state index contributed by atoms with van der Waals surface area (Å²) in [5.41, 5.74) is 11.4. The number of fused-ring (bicyclic) bond motifs is 2. The first kappa shape index (κ1) is 18.5. The number of pyridine rings is 1. The number of amidine groups is 1. The number of nitrogens with one attached hydrogen (secondary N) is 2. The molecular formula is C20H23N7. The zero-order valence-electron chi connectivity index (χ0n) is 15.4. The molecule has 0 aliphatic heterocycles. The fourth-order valence-corrected chi connectivity index (χ4v) is 3.16. The van der Waals surface area contributed by atoms with E-state index in [1.54, 1.807) is 0 Å². The number of para-hydroxylation sites is 2. The number of aromatic nitrogens is 1. The van der Waals surface area contributed by atoms with E-state index in [2.05, 4.69) is 27.5 Å². The zero-order valence-corrected chi connectivity index (χ0v) is 15.4. The molecule has 27 heavy (non-hydrogen) atoms. The summed E-state index contributed by atoms with van der Waals surface area (Å²) in [6.45, 7) is 4.21. The second-order valence-corrected chi connectivity index (χ2v) is 6.19. The molecule has 2 N–H and O–H groups in total. The van der Waals surface area contributed by atoms with Crippen LogP contribution in [0.3, 0.4) is 0 Å².